The fraction of sp³-hybridized carbons (Fsp3) is 0.300. The SMILES string of the molecule is [C-]#[N+]C(C)c1ccc([N+](=O)[O-])c(C)c1. The third-order valence-corrected chi connectivity index (χ3v) is 2.09. The number of aryl methyl sites for hydroxylation is 1. The Bertz CT molecular complexity index is 407. The molecule has 0 fully saturated rings. The first-order valence-electron chi connectivity index (χ1n) is 4.17. The topological polar surface area (TPSA) is 47.5 Å². The number of nitro benzene ring substituents is 1. The van der Waals surface area contributed by atoms with Gasteiger partial charge in [-0.2, -0.15) is 0 Å². The van der Waals surface area contributed by atoms with Gasteiger partial charge in [-0.25, -0.2) is 6.57 Å². The summed E-state index contributed by atoms with van der Waals surface area (Å²) in [6, 6.07) is 4.54. The third-order valence-electron chi connectivity index (χ3n) is 2.09. The molecular weight excluding hydrogens is 180 g/mol. The lowest BCUT2D eigenvalue weighted by atomic mass is 10.1. The van der Waals surface area contributed by atoms with Crippen molar-refractivity contribution >= 4 is 5.69 Å². The van der Waals surface area contributed by atoms with Gasteiger partial charge in [0.05, 0.1) is 4.92 Å². The quantitative estimate of drug-likeness (QED) is 0.409. The van der Waals surface area contributed by atoms with E-state index in [1.54, 1.807) is 26.0 Å². The summed E-state index contributed by atoms with van der Waals surface area (Å²) in [4.78, 5) is 13.5. The Kier molecular flexibility index (Phi) is 2.82. The van der Waals surface area contributed by atoms with Crippen LogP contribution in [0, 0.1) is 23.6 Å². The van der Waals surface area contributed by atoms with Crippen LogP contribution in [0.3, 0.4) is 0 Å². The summed E-state index contributed by atoms with van der Waals surface area (Å²) >= 11 is 0. The van der Waals surface area contributed by atoms with E-state index in [-0.39, 0.29) is 11.7 Å². The second-order valence-electron chi connectivity index (χ2n) is 3.11. The van der Waals surface area contributed by atoms with Crippen LogP contribution in [0.1, 0.15) is 24.1 Å². The molecule has 0 heterocycles. The van der Waals surface area contributed by atoms with Crippen molar-refractivity contribution < 1.29 is 4.92 Å². The molecule has 14 heavy (non-hydrogen) atoms. The summed E-state index contributed by atoms with van der Waals surface area (Å²) in [6.07, 6.45) is 0. The molecule has 1 rings (SSSR count). The summed E-state index contributed by atoms with van der Waals surface area (Å²) in [7, 11) is 0. The summed E-state index contributed by atoms with van der Waals surface area (Å²) < 4.78 is 0. The van der Waals surface area contributed by atoms with E-state index in [4.69, 9.17) is 6.57 Å². The second-order valence-corrected chi connectivity index (χ2v) is 3.11. The zero-order chi connectivity index (χ0) is 10.7. The van der Waals surface area contributed by atoms with Gasteiger partial charge in [0.2, 0.25) is 6.04 Å². The minimum atomic E-state index is -0.415. The van der Waals surface area contributed by atoms with E-state index < -0.39 is 4.92 Å². The molecule has 0 aliphatic heterocycles. The highest BCUT2D eigenvalue weighted by Crippen LogP contribution is 2.23. The van der Waals surface area contributed by atoms with Crippen LogP contribution in [0.25, 0.3) is 4.85 Å². The summed E-state index contributed by atoms with van der Waals surface area (Å²) in [6.45, 7) is 10.3. The minimum absolute atomic E-state index is 0.103. The molecule has 1 unspecified atom stereocenters. The van der Waals surface area contributed by atoms with E-state index in [2.05, 4.69) is 4.85 Å². The van der Waals surface area contributed by atoms with Crippen molar-refractivity contribution in [3.8, 4) is 0 Å². The molecule has 0 saturated carbocycles. The maximum Gasteiger partial charge on any atom is 0.272 e. The van der Waals surface area contributed by atoms with Crippen molar-refractivity contribution in [2.24, 2.45) is 0 Å². The lowest BCUT2D eigenvalue weighted by Crippen LogP contribution is -1.94. The lowest BCUT2D eigenvalue weighted by Gasteiger charge is -2.01. The van der Waals surface area contributed by atoms with Crippen LogP contribution in [0.4, 0.5) is 5.69 Å². The normalized spacial score (nSPS) is 11.8. The van der Waals surface area contributed by atoms with Gasteiger partial charge in [-0.3, -0.25) is 10.1 Å². The zero-order valence-electron chi connectivity index (χ0n) is 8.02. The van der Waals surface area contributed by atoms with Gasteiger partial charge < -0.3 is 4.85 Å². The average molecular weight is 190 g/mol. The monoisotopic (exact) mass is 190 g/mol. The molecule has 1 atom stereocenters. The molecule has 0 bridgehead atoms. The number of hydrogen-bond acceptors (Lipinski definition) is 2. The Morgan fingerprint density at radius 1 is 1.57 bits per heavy atom. The first-order chi connectivity index (χ1) is 6.56. The minimum Gasteiger partial charge on any atom is -0.309 e. The number of rotatable bonds is 2. The van der Waals surface area contributed by atoms with Crippen LogP contribution in [-0.4, -0.2) is 4.92 Å². The predicted molar refractivity (Wildman–Crippen MR) is 52.9 cm³/mol. The number of nitrogens with zero attached hydrogens (tertiary/aromatic N) is 2. The van der Waals surface area contributed by atoms with Gasteiger partial charge in [-0.05, 0) is 19.1 Å². The molecule has 0 N–H and O–H groups in total. The summed E-state index contributed by atoms with van der Waals surface area (Å²) in [5.41, 5.74) is 1.53. The van der Waals surface area contributed by atoms with Gasteiger partial charge in [-0.15, -0.1) is 0 Å². The van der Waals surface area contributed by atoms with Crippen molar-refractivity contribution in [2.45, 2.75) is 19.9 Å². The van der Waals surface area contributed by atoms with E-state index in [1.165, 1.54) is 6.07 Å². The largest absolute Gasteiger partial charge is 0.309 e. The first kappa shape index (κ1) is 10.2. The van der Waals surface area contributed by atoms with E-state index in [1.807, 2.05) is 0 Å². The molecule has 0 spiro atoms. The van der Waals surface area contributed by atoms with Gasteiger partial charge in [-0.1, -0.05) is 0 Å². The fourth-order valence-electron chi connectivity index (χ4n) is 1.22. The molecule has 0 radical (unpaired) electrons. The predicted octanol–water partition coefficient (Wildman–Crippen LogP) is 2.88. The van der Waals surface area contributed by atoms with Crippen LogP contribution in [0.2, 0.25) is 0 Å². The third kappa shape index (κ3) is 1.88. The van der Waals surface area contributed by atoms with Crippen LogP contribution in [-0.2, 0) is 0 Å². The molecule has 72 valence electrons. The van der Waals surface area contributed by atoms with E-state index >= 15 is 0 Å². The average Bonchev–Trinajstić information content (AvgIpc) is 2.15. The van der Waals surface area contributed by atoms with Gasteiger partial charge >= 0.3 is 0 Å². The smallest absolute Gasteiger partial charge is 0.272 e. The molecule has 0 aliphatic carbocycles. The van der Waals surface area contributed by atoms with E-state index in [0.717, 1.165) is 5.56 Å². The molecule has 1 aromatic rings. The maximum atomic E-state index is 10.5. The van der Waals surface area contributed by atoms with Crippen molar-refractivity contribution in [3.63, 3.8) is 0 Å². The number of hydrogen-bond donors (Lipinski definition) is 0. The molecular formula is C10H10N2O2. The highest BCUT2D eigenvalue weighted by molar-refractivity contribution is 5.43. The Balaban J connectivity index is 3.14. The second kappa shape index (κ2) is 3.88. The molecule has 0 saturated heterocycles. The summed E-state index contributed by atoms with van der Waals surface area (Å²) in [5.74, 6) is 0. The van der Waals surface area contributed by atoms with Crippen molar-refractivity contribution in [2.75, 3.05) is 0 Å². The van der Waals surface area contributed by atoms with E-state index in [0.29, 0.717) is 5.56 Å². The van der Waals surface area contributed by atoms with Crippen LogP contribution < -0.4 is 0 Å². The lowest BCUT2D eigenvalue weighted by molar-refractivity contribution is -0.385. The van der Waals surface area contributed by atoms with Crippen LogP contribution in [0.15, 0.2) is 18.2 Å². The van der Waals surface area contributed by atoms with Gasteiger partial charge in [0, 0.05) is 24.1 Å². The maximum absolute atomic E-state index is 10.5. The van der Waals surface area contributed by atoms with E-state index in [9.17, 15) is 10.1 Å². The Labute approximate surface area is 82.1 Å². The fourth-order valence-corrected chi connectivity index (χ4v) is 1.22. The highest BCUT2D eigenvalue weighted by atomic mass is 16.6. The molecule has 0 aromatic heterocycles. The van der Waals surface area contributed by atoms with Gasteiger partial charge in [0.15, 0.2) is 0 Å². The first-order valence-corrected chi connectivity index (χ1v) is 4.17. The Morgan fingerprint density at radius 3 is 2.64 bits per heavy atom. The standard InChI is InChI=1S/C10H10N2O2/c1-7-6-9(8(2)11-3)4-5-10(7)12(13)14/h4-6,8H,1-2H3. The van der Waals surface area contributed by atoms with Crippen molar-refractivity contribution in [3.05, 3.63) is 50.9 Å². The Hall–Kier alpha value is -1.89. The van der Waals surface area contributed by atoms with Crippen LogP contribution in [0.5, 0.6) is 0 Å². The van der Waals surface area contributed by atoms with Crippen molar-refractivity contribution in [1.29, 1.82) is 0 Å². The molecule has 0 amide bonds. The van der Waals surface area contributed by atoms with Crippen LogP contribution >= 0.6 is 0 Å². The molecule has 0 aliphatic rings. The highest BCUT2D eigenvalue weighted by Gasteiger charge is 2.14. The molecule has 1 aromatic carbocycles. The van der Waals surface area contributed by atoms with Gasteiger partial charge in [0.1, 0.15) is 0 Å². The Morgan fingerprint density at radius 2 is 2.21 bits per heavy atom. The number of nitro groups is 1. The summed E-state index contributed by atoms with van der Waals surface area (Å²) in [5, 5.41) is 10.5. The van der Waals surface area contributed by atoms with Crippen molar-refractivity contribution in [1.82, 2.24) is 0 Å². The molecule has 4 heteroatoms. The molecule has 4 nitrogen and oxygen atoms in total. The zero-order valence-corrected chi connectivity index (χ0v) is 8.02. The number of benzene rings is 1. The van der Waals surface area contributed by atoms with Gasteiger partial charge in [0.25, 0.3) is 5.69 Å².